The number of carboxylic acids is 1. The van der Waals surface area contributed by atoms with Gasteiger partial charge in [-0.05, 0) is 94.9 Å². The number of aryl methyl sites for hydroxylation is 2. The standard InChI is InChI=1S/C35H42FN5O3S/c1-22-29(30(33(42)43)44-34(2,3)4)32-40-16-14-35(5,15-17-40)13-9-7-6-8-10-23-18-25(36)12-11-24(23)19-26-21-37-31(45-26)27-20-28(38-22)41(32)39-27/h9,11-13,18,20-21,30H,6-8,10,14-17,19H2,1-5H3,(H,42,43)/b13-9-/t30-/m0/s1. The number of halogens is 1. The summed E-state index contributed by atoms with van der Waals surface area (Å²) < 4.78 is 22.2. The number of piperidine rings is 1. The molecule has 4 aromatic rings. The number of anilines is 1. The normalized spacial score (nSPS) is 18.6. The van der Waals surface area contributed by atoms with Gasteiger partial charge in [0, 0.05) is 42.3 Å². The first kappa shape index (κ1) is 31.4. The van der Waals surface area contributed by atoms with Gasteiger partial charge in [0.25, 0.3) is 0 Å². The van der Waals surface area contributed by atoms with Crippen LogP contribution in [0.25, 0.3) is 16.3 Å². The number of carboxylic acid groups (broad SMARTS) is 1. The van der Waals surface area contributed by atoms with Crippen molar-refractivity contribution in [3.05, 3.63) is 75.7 Å². The van der Waals surface area contributed by atoms with E-state index in [1.54, 1.807) is 21.9 Å². The Morgan fingerprint density at radius 2 is 1.93 bits per heavy atom. The van der Waals surface area contributed by atoms with Gasteiger partial charge >= 0.3 is 5.97 Å². The van der Waals surface area contributed by atoms with Crippen LogP contribution in [0.3, 0.4) is 0 Å². The molecule has 0 unspecified atom stereocenters. The molecule has 0 amide bonds. The van der Waals surface area contributed by atoms with Gasteiger partial charge in [0.2, 0.25) is 0 Å². The molecule has 238 valence electrons. The fraction of sp³-hybridized carbons (Fsp3) is 0.486. The van der Waals surface area contributed by atoms with Crippen LogP contribution in [0.15, 0.2) is 42.6 Å². The van der Waals surface area contributed by atoms with Crippen LogP contribution < -0.4 is 4.90 Å². The van der Waals surface area contributed by atoms with Crippen LogP contribution in [0.4, 0.5) is 10.2 Å². The number of allylic oxidation sites excluding steroid dienone is 2. The van der Waals surface area contributed by atoms with Gasteiger partial charge in [-0.2, -0.15) is 9.61 Å². The van der Waals surface area contributed by atoms with Gasteiger partial charge in [0.1, 0.15) is 22.3 Å². The van der Waals surface area contributed by atoms with Crippen LogP contribution in [-0.4, -0.2) is 49.3 Å². The van der Waals surface area contributed by atoms with Crippen LogP contribution in [0.1, 0.15) is 93.2 Å². The number of nitrogens with zero attached hydrogens (tertiary/aromatic N) is 5. The van der Waals surface area contributed by atoms with Crippen LogP contribution >= 0.6 is 11.3 Å². The minimum atomic E-state index is -1.21. The van der Waals surface area contributed by atoms with E-state index in [1.165, 1.54) is 6.07 Å². The molecule has 0 aliphatic carbocycles. The summed E-state index contributed by atoms with van der Waals surface area (Å²) in [6.45, 7) is 11.2. The SMILES string of the molecule is Cc1nc2cc3nn2c(c1[C@H](OC(C)(C)C)C(=O)O)N1CCC(C)(/C=C\CCCCc2cc(F)ccc2Cc2cnc-3s2)CC1. The summed E-state index contributed by atoms with van der Waals surface area (Å²) in [6, 6.07) is 7.03. The lowest BCUT2D eigenvalue weighted by Gasteiger charge is -2.40. The van der Waals surface area contributed by atoms with Crippen LogP contribution in [0.2, 0.25) is 0 Å². The smallest absolute Gasteiger partial charge is 0.337 e. The molecule has 3 aliphatic rings. The quantitative estimate of drug-likeness (QED) is 0.232. The first-order valence-electron chi connectivity index (χ1n) is 15.9. The van der Waals surface area contributed by atoms with Crippen molar-refractivity contribution in [2.45, 2.75) is 91.3 Å². The number of thiazole rings is 1. The molecule has 1 atom stereocenters. The summed E-state index contributed by atoms with van der Waals surface area (Å²) in [5.74, 6) is -0.541. The van der Waals surface area contributed by atoms with Gasteiger partial charge in [0.15, 0.2) is 11.8 Å². The Kier molecular flexibility index (Phi) is 8.56. The van der Waals surface area contributed by atoms with E-state index in [0.29, 0.717) is 34.8 Å². The predicted octanol–water partition coefficient (Wildman–Crippen LogP) is 7.72. The monoisotopic (exact) mass is 631 g/mol. The highest BCUT2D eigenvalue weighted by Gasteiger charge is 2.37. The van der Waals surface area contributed by atoms with E-state index in [4.69, 9.17) is 19.8 Å². The summed E-state index contributed by atoms with van der Waals surface area (Å²) in [4.78, 5) is 25.6. The minimum absolute atomic E-state index is 0.0368. The molecule has 3 aliphatic heterocycles. The fourth-order valence-corrected chi connectivity index (χ4v) is 7.34. The Labute approximate surface area is 268 Å². The number of rotatable bonds is 3. The second kappa shape index (κ2) is 12.3. The summed E-state index contributed by atoms with van der Waals surface area (Å²) in [5, 5.41) is 16.2. The molecule has 7 rings (SSSR count). The molecule has 10 heteroatoms. The molecule has 1 N–H and O–H groups in total. The zero-order chi connectivity index (χ0) is 31.9. The van der Waals surface area contributed by atoms with Gasteiger partial charge < -0.3 is 14.7 Å². The largest absolute Gasteiger partial charge is 0.479 e. The van der Waals surface area contributed by atoms with Crippen molar-refractivity contribution in [3.63, 3.8) is 0 Å². The number of aliphatic carboxylic acids is 1. The molecule has 1 saturated heterocycles. The first-order valence-corrected chi connectivity index (χ1v) is 16.7. The molecular formula is C35H42FN5O3S. The van der Waals surface area contributed by atoms with E-state index < -0.39 is 17.7 Å². The third-order valence-corrected chi connectivity index (χ3v) is 9.88. The summed E-state index contributed by atoms with van der Waals surface area (Å²) >= 11 is 1.57. The van der Waals surface area contributed by atoms with Gasteiger partial charge in [-0.15, -0.1) is 11.3 Å². The topological polar surface area (TPSA) is 92.8 Å². The van der Waals surface area contributed by atoms with E-state index >= 15 is 0 Å². The van der Waals surface area contributed by atoms with Crippen molar-refractivity contribution in [1.82, 2.24) is 19.6 Å². The van der Waals surface area contributed by atoms with Crippen molar-refractivity contribution in [3.8, 4) is 10.7 Å². The zero-order valence-electron chi connectivity index (χ0n) is 26.8. The van der Waals surface area contributed by atoms with Gasteiger partial charge in [-0.1, -0.05) is 25.1 Å². The lowest BCUT2D eigenvalue weighted by atomic mass is 9.79. The van der Waals surface area contributed by atoms with Crippen molar-refractivity contribution < 1.29 is 19.0 Å². The number of ether oxygens (including phenoxy) is 1. The lowest BCUT2D eigenvalue weighted by molar-refractivity contribution is -0.160. The molecule has 3 aromatic heterocycles. The Balaban J connectivity index is 1.49. The highest BCUT2D eigenvalue weighted by molar-refractivity contribution is 7.15. The summed E-state index contributed by atoms with van der Waals surface area (Å²) in [5.41, 5.74) is 3.98. The number of hydrogen-bond acceptors (Lipinski definition) is 7. The van der Waals surface area contributed by atoms with E-state index in [1.807, 2.05) is 46.0 Å². The van der Waals surface area contributed by atoms with Crippen molar-refractivity contribution >= 4 is 28.8 Å². The molecule has 6 bridgehead atoms. The molecule has 0 spiro atoms. The highest BCUT2D eigenvalue weighted by Crippen LogP contribution is 2.40. The van der Waals surface area contributed by atoms with E-state index in [2.05, 4.69) is 24.0 Å². The minimum Gasteiger partial charge on any atom is -0.479 e. The molecule has 8 nitrogen and oxygen atoms in total. The number of aromatic nitrogens is 4. The Hall–Kier alpha value is -3.63. The maximum Gasteiger partial charge on any atom is 0.337 e. The van der Waals surface area contributed by atoms with Crippen molar-refractivity contribution in [2.24, 2.45) is 5.41 Å². The fourth-order valence-electron chi connectivity index (χ4n) is 6.45. The number of benzene rings is 1. The van der Waals surface area contributed by atoms with Crippen LogP contribution in [-0.2, 0) is 22.4 Å². The number of fused-ring (bicyclic) bond motifs is 6. The zero-order valence-corrected chi connectivity index (χ0v) is 27.6. The second-order valence-electron chi connectivity index (χ2n) is 13.7. The molecule has 0 saturated carbocycles. The highest BCUT2D eigenvalue weighted by atomic mass is 32.1. The molecular weight excluding hydrogens is 589 g/mol. The Morgan fingerprint density at radius 1 is 1.16 bits per heavy atom. The lowest BCUT2D eigenvalue weighted by Crippen LogP contribution is -2.40. The maximum atomic E-state index is 14.2. The second-order valence-corrected chi connectivity index (χ2v) is 14.8. The van der Waals surface area contributed by atoms with Crippen LogP contribution in [0, 0.1) is 18.2 Å². The van der Waals surface area contributed by atoms with Gasteiger partial charge in [-0.25, -0.2) is 19.2 Å². The van der Waals surface area contributed by atoms with Crippen LogP contribution in [0.5, 0.6) is 0 Å². The number of carbonyl (C=O) groups is 1. The van der Waals surface area contributed by atoms with E-state index in [9.17, 15) is 14.3 Å². The third-order valence-electron chi connectivity index (χ3n) is 8.86. The third kappa shape index (κ3) is 6.82. The van der Waals surface area contributed by atoms with Crippen molar-refractivity contribution in [2.75, 3.05) is 18.0 Å². The summed E-state index contributed by atoms with van der Waals surface area (Å²) in [7, 11) is 0. The molecule has 1 aromatic carbocycles. The average Bonchev–Trinajstić information content (AvgIpc) is 3.61. The summed E-state index contributed by atoms with van der Waals surface area (Å²) in [6.07, 6.45) is 11.7. The molecule has 1 fully saturated rings. The Morgan fingerprint density at radius 3 is 2.67 bits per heavy atom. The van der Waals surface area contributed by atoms with Crippen molar-refractivity contribution in [1.29, 1.82) is 0 Å². The molecule has 45 heavy (non-hydrogen) atoms. The maximum absolute atomic E-state index is 14.2. The molecule has 6 heterocycles. The average molecular weight is 632 g/mol. The van der Waals surface area contributed by atoms with E-state index in [-0.39, 0.29) is 11.2 Å². The van der Waals surface area contributed by atoms with Gasteiger partial charge in [0.05, 0.1) is 11.2 Å². The number of hydrogen-bond donors (Lipinski definition) is 1. The first-order chi connectivity index (χ1) is 21.4. The van der Waals surface area contributed by atoms with E-state index in [0.717, 1.165) is 72.6 Å². The molecule has 0 radical (unpaired) electrons. The predicted molar refractivity (Wildman–Crippen MR) is 176 cm³/mol. The van der Waals surface area contributed by atoms with Gasteiger partial charge in [-0.3, -0.25) is 0 Å². The Bertz CT molecular complexity index is 1750.